The Morgan fingerprint density at radius 2 is 2.00 bits per heavy atom. The summed E-state index contributed by atoms with van der Waals surface area (Å²) in [6.45, 7) is 3.63. The van der Waals surface area contributed by atoms with Gasteiger partial charge < -0.3 is 0 Å². The molecule has 22 heavy (non-hydrogen) atoms. The number of hydrogen-bond acceptors (Lipinski definition) is 7. The molecule has 1 amide bonds. The van der Waals surface area contributed by atoms with Gasteiger partial charge in [-0.15, -0.1) is 21.5 Å². The number of sulfonamides is 1. The van der Waals surface area contributed by atoms with Crippen LogP contribution in [0.15, 0.2) is 11.0 Å². The predicted octanol–water partition coefficient (Wildman–Crippen LogP) is 1.97. The first-order valence-electron chi connectivity index (χ1n) is 6.42. The average molecular weight is 360 g/mol. The lowest BCUT2D eigenvalue weighted by molar-refractivity contribution is 0.103. The SMILES string of the molecule is CCc1nnc(NC(=O)c2cc(S(=O)(=O)N(C)C)c(C)s2)s1. The van der Waals surface area contributed by atoms with E-state index in [1.165, 1.54) is 31.5 Å². The molecule has 2 rings (SSSR count). The second kappa shape index (κ2) is 6.41. The molecule has 1 N–H and O–H groups in total. The third-order valence-electron chi connectivity index (χ3n) is 2.84. The molecule has 0 aliphatic carbocycles. The summed E-state index contributed by atoms with van der Waals surface area (Å²) in [5.41, 5.74) is 0. The Morgan fingerprint density at radius 1 is 1.32 bits per heavy atom. The topological polar surface area (TPSA) is 92.3 Å². The van der Waals surface area contributed by atoms with Crippen LogP contribution in [0.5, 0.6) is 0 Å². The van der Waals surface area contributed by atoms with Crippen LogP contribution in [-0.2, 0) is 16.4 Å². The molecular weight excluding hydrogens is 344 g/mol. The van der Waals surface area contributed by atoms with E-state index in [4.69, 9.17) is 0 Å². The fourth-order valence-electron chi connectivity index (χ4n) is 1.64. The van der Waals surface area contributed by atoms with Gasteiger partial charge in [0.2, 0.25) is 15.2 Å². The van der Waals surface area contributed by atoms with Gasteiger partial charge in [-0.2, -0.15) is 0 Å². The van der Waals surface area contributed by atoms with Crippen LogP contribution in [0.2, 0.25) is 0 Å². The molecule has 0 fully saturated rings. The number of anilines is 1. The van der Waals surface area contributed by atoms with E-state index in [0.29, 0.717) is 14.9 Å². The molecule has 0 spiro atoms. The maximum absolute atomic E-state index is 12.2. The van der Waals surface area contributed by atoms with Crippen molar-refractivity contribution in [2.45, 2.75) is 25.2 Å². The third kappa shape index (κ3) is 3.35. The summed E-state index contributed by atoms with van der Waals surface area (Å²) >= 11 is 2.44. The molecule has 0 atom stereocenters. The molecule has 0 saturated carbocycles. The highest BCUT2D eigenvalue weighted by Crippen LogP contribution is 2.28. The molecule has 0 aliphatic heterocycles. The van der Waals surface area contributed by atoms with Gasteiger partial charge >= 0.3 is 0 Å². The van der Waals surface area contributed by atoms with E-state index in [1.54, 1.807) is 6.92 Å². The van der Waals surface area contributed by atoms with E-state index in [2.05, 4.69) is 15.5 Å². The third-order valence-corrected chi connectivity index (χ3v) is 6.95. The number of nitrogens with zero attached hydrogens (tertiary/aromatic N) is 3. The van der Waals surface area contributed by atoms with Gasteiger partial charge in [-0.05, 0) is 19.4 Å². The predicted molar refractivity (Wildman–Crippen MR) is 87.2 cm³/mol. The second-order valence-electron chi connectivity index (χ2n) is 4.63. The van der Waals surface area contributed by atoms with Gasteiger partial charge in [-0.1, -0.05) is 18.3 Å². The first-order chi connectivity index (χ1) is 10.3. The summed E-state index contributed by atoms with van der Waals surface area (Å²) in [6.07, 6.45) is 0.747. The molecule has 2 heterocycles. The van der Waals surface area contributed by atoms with Crippen LogP contribution < -0.4 is 5.32 Å². The molecule has 2 aromatic rings. The fraction of sp³-hybridized carbons (Fsp3) is 0.417. The number of hydrogen-bond donors (Lipinski definition) is 1. The largest absolute Gasteiger partial charge is 0.296 e. The number of aryl methyl sites for hydroxylation is 2. The van der Waals surface area contributed by atoms with Crippen molar-refractivity contribution < 1.29 is 13.2 Å². The molecule has 120 valence electrons. The van der Waals surface area contributed by atoms with Crippen LogP contribution in [0.3, 0.4) is 0 Å². The summed E-state index contributed by atoms with van der Waals surface area (Å²) in [7, 11) is -0.638. The normalized spacial score (nSPS) is 11.9. The van der Waals surface area contributed by atoms with Crippen LogP contribution in [0.25, 0.3) is 0 Å². The lowest BCUT2D eigenvalue weighted by Crippen LogP contribution is -2.22. The van der Waals surface area contributed by atoms with Crippen LogP contribution >= 0.6 is 22.7 Å². The second-order valence-corrected chi connectivity index (χ2v) is 9.07. The zero-order valence-corrected chi connectivity index (χ0v) is 15.0. The number of amides is 1. The molecule has 0 saturated heterocycles. The van der Waals surface area contributed by atoms with Gasteiger partial charge in [0, 0.05) is 19.0 Å². The average Bonchev–Trinajstić information content (AvgIpc) is 3.05. The molecule has 10 heteroatoms. The minimum Gasteiger partial charge on any atom is -0.296 e. The summed E-state index contributed by atoms with van der Waals surface area (Å²) in [6, 6.07) is 1.40. The molecule has 0 unspecified atom stereocenters. The van der Waals surface area contributed by atoms with Gasteiger partial charge in [0.05, 0.1) is 9.77 Å². The van der Waals surface area contributed by atoms with E-state index in [1.807, 2.05) is 6.92 Å². The maximum Gasteiger partial charge on any atom is 0.267 e. The molecule has 2 aromatic heterocycles. The van der Waals surface area contributed by atoms with Crippen LogP contribution in [-0.4, -0.2) is 42.9 Å². The summed E-state index contributed by atoms with van der Waals surface area (Å²) in [5.74, 6) is -0.382. The summed E-state index contributed by atoms with van der Waals surface area (Å²) in [4.78, 5) is 13.3. The highest BCUT2D eigenvalue weighted by molar-refractivity contribution is 7.89. The zero-order chi connectivity index (χ0) is 16.5. The van der Waals surface area contributed by atoms with Crippen molar-refractivity contribution >= 4 is 43.7 Å². The van der Waals surface area contributed by atoms with Crippen molar-refractivity contribution in [3.63, 3.8) is 0 Å². The molecule has 7 nitrogen and oxygen atoms in total. The standard InChI is InChI=1S/C12H16N4O3S3/c1-5-10-14-15-12(21-10)13-11(17)8-6-9(7(2)20-8)22(18,19)16(3)4/h6H,5H2,1-4H3,(H,13,15,17). The number of aromatic nitrogens is 2. The number of carbonyl (C=O) groups excluding carboxylic acids is 1. The molecule has 0 radical (unpaired) electrons. The zero-order valence-electron chi connectivity index (χ0n) is 12.6. The fourth-order valence-corrected chi connectivity index (χ4v) is 4.66. The molecule has 0 aromatic carbocycles. The van der Waals surface area contributed by atoms with Crippen LogP contribution in [0, 0.1) is 6.92 Å². The van der Waals surface area contributed by atoms with Crippen molar-refractivity contribution in [2.24, 2.45) is 0 Å². The van der Waals surface area contributed by atoms with Crippen molar-refractivity contribution in [3.8, 4) is 0 Å². The number of thiophene rings is 1. The minimum absolute atomic E-state index is 0.152. The van der Waals surface area contributed by atoms with E-state index in [9.17, 15) is 13.2 Å². The summed E-state index contributed by atoms with van der Waals surface area (Å²) in [5, 5.41) is 11.7. The molecule has 0 bridgehead atoms. The Balaban J connectivity index is 2.25. The number of rotatable bonds is 5. The molecule has 0 aliphatic rings. The monoisotopic (exact) mass is 360 g/mol. The number of nitrogens with one attached hydrogen (secondary N) is 1. The van der Waals surface area contributed by atoms with Gasteiger partial charge in [0.1, 0.15) is 5.01 Å². The van der Waals surface area contributed by atoms with Crippen molar-refractivity contribution in [1.29, 1.82) is 0 Å². The van der Waals surface area contributed by atoms with Crippen molar-refractivity contribution in [1.82, 2.24) is 14.5 Å². The summed E-state index contributed by atoms with van der Waals surface area (Å²) < 4.78 is 25.5. The lowest BCUT2D eigenvalue weighted by Gasteiger charge is -2.10. The quantitative estimate of drug-likeness (QED) is 0.880. The smallest absolute Gasteiger partial charge is 0.267 e. The van der Waals surface area contributed by atoms with Gasteiger partial charge in [0.15, 0.2) is 0 Å². The van der Waals surface area contributed by atoms with Crippen molar-refractivity contribution in [2.75, 3.05) is 19.4 Å². The van der Waals surface area contributed by atoms with Gasteiger partial charge in [0.25, 0.3) is 5.91 Å². The highest BCUT2D eigenvalue weighted by Gasteiger charge is 2.24. The van der Waals surface area contributed by atoms with E-state index < -0.39 is 10.0 Å². The Kier molecular flexibility index (Phi) is 4.95. The minimum atomic E-state index is -3.55. The Hall–Kier alpha value is -1.36. The first-order valence-corrected chi connectivity index (χ1v) is 9.49. The maximum atomic E-state index is 12.2. The van der Waals surface area contributed by atoms with E-state index in [-0.39, 0.29) is 10.8 Å². The Bertz CT molecular complexity index is 792. The van der Waals surface area contributed by atoms with Gasteiger partial charge in [-0.25, -0.2) is 12.7 Å². The van der Waals surface area contributed by atoms with Crippen LogP contribution in [0.1, 0.15) is 26.5 Å². The van der Waals surface area contributed by atoms with Gasteiger partial charge in [-0.3, -0.25) is 10.1 Å². The van der Waals surface area contributed by atoms with E-state index >= 15 is 0 Å². The Labute approximate surface area is 137 Å². The molecular formula is C12H16N4O3S3. The Morgan fingerprint density at radius 3 is 2.55 bits per heavy atom. The lowest BCUT2D eigenvalue weighted by atomic mass is 10.4. The van der Waals surface area contributed by atoms with Crippen molar-refractivity contribution in [3.05, 3.63) is 20.8 Å². The highest BCUT2D eigenvalue weighted by atomic mass is 32.2. The first kappa shape index (κ1) is 17.0. The van der Waals surface area contributed by atoms with Crippen LogP contribution in [0.4, 0.5) is 5.13 Å². The van der Waals surface area contributed by atoms with E-state index in [0.717, 1.165) is 27.1 Å². The number of carbonyl (C=O) groups is 1.